The number of halogens is 1. The van der Waals surface area contributed by atoms with E-state index in [4.69, 9.17) is 5.73 Å². The van der Waals surface area contributed by atoms with Gasteiger partial charge in [-0.25, -0.2) is 4.98 Å². The predicted molar refractivity (Wildman–Crippen MR) is 91.3 cm³/mol. The topological polar surface area (TPSA) is 42.2 Å². The molecule has 2 heterocycles. The van der Waals surface area contributed by atoms with Gasteiger partial charge in [-0.05, 0) is 19.4 Å². The maximum absolute atomic E-state index is 6.34. The molecular weight excluding hydrogens is 302 g/mol. The molecule has 1 aromatic carbocycles. The number of nitrogens with two attached hydrogens (primary N) is 1. The van der Waals surface area contributed by atoms with Crippen LogP contribution in [0.3, 0.4) is 0 Å². The summed E-state index contributed by atoms with van der Waals surface area (Å²) in [5.74, 6) is 0.450. The highest BCUT2D eigenvalue weighted by Gasteiger charge is 2.31. The summed E-state index contributed by atoms with van der Waals surface area (Å²) in [5.41, 5.74) is 8.88. The molecule has 0 saturated carbocycles. The lowest BCUT2D eigenvalue weighted by Crippen LogP contribution is -2.28. The Balaban J connectivity index is 0.00000161. The smallest absolute Gasteiger partial charge is 0.0900 e. The summed E-state index contributed by atoms with van der Waals surface area (Å²) in [4.78, 5) is 8.35. The molecule has 3 rings (SSSR count). The summed E-state index contributed by atoms with van der Waals surface area (Å²) < 4.78 is 0. The van der Waals surface area contributed by atoms with E-state index in [9.17, 15) is 0 Å². The van der Waals surface area contributed by atoms with E-state index in [0.29, 0.717) is 5.92 Å². The van der Waals surface area contributed by atoms with Crippen LogP contribution in [0.1, 0.15) is 27.1 Å². The minimum Gasteiger partial charge on any atom is -0.326 e. The summed E-state index contributed by atoms with van der Waals surface area (Å²) in [5, 5.41) is 1.15. The molecular formula is C16H22ClN3S. The van der Waals surface area contributed by atoms with Crippen molar-refractivity contribution in [3.63, 3.8) is 0 Å². The summed E-state index contributed by atoms with van der Waals surface area (Å²) in [6.45, 7) is 7.17. The van der Waals surface area contributed by atoms with E-state index in [1.54, 1.807) is 11.3 Å². The Morgan fingerprint density at radius 2 is 1.95 bits per heavy atom. The van der Waals surface area contributed by atoms with Gasteiger partial charge in [-0.3, -0.25) is 4.90 Å². The van der Waals surface area contributed by atoms with Crippen LogP contribution in [0.25, 0.3) is 0 Å². The largest absolute Gasteiger partial charge is 0.326 e. The van der Waals surface area contributed by atoms with E-state index >= 15 is 0 Å². The van der Waals surface area contributed by atoms with Crippen molar-refractivity contribution >= 4 is 23.7 Å². The molecule has 0 amide bonds. The molecule has 2 N–H and O–H groups in total. The van der Waals surface area contributed by atoms with Crippen molar-refractivity contribution in [2.75, 3.05) is 13.1 Å². The maximum Gasteiger partial charge on any atom is 0.0900 e. The fourth-order valence-electron chi connectivity index (χ4n) is 3.02. The first kappa shape index (κ1) is 16.4. The molecule has 21 heavy (non-hydrogen) atoms. The fraction of sp³-hybridized carbons (Fsp3) is 0.438. The number of aromatic nitrogens is 1. The first-order valence-electron chi connectivity index (χ1n) is 7.09. The Labute approximate surface area is 136 Å². The Morgan fingerprint density at radius 3 is 2.57 bits per heavy atom. The van der Waals surface area contributed by atoms with Crippen LogP contribution in [0.5, 0.6) is 0 Å². The average molecular weight is 324 g/mol. The lowest BCUT2D eigenvalue weighted by atomic mass is 9.95. The molecule has 1 aromatic heterocycles. The summed E-state index contributed by atoms with van der Waals surface area (Å²) >= 11 is 1.81. The highest BCUT2D eigenvalue weighted by molar-refractivity contribution is 7.11. The van der Waals surface area contributed by atoms with E-state index in [2.05, 4.69) is 54.1 Å². The van der Waals surface area contributed by atoms with Crippen LogP contribution in [0.2, 0.25) is 0 Å². The molecule has 0 bridgehead atoms. The predicted octanol–water partition coefficient (Wildman–Crippen LogP) is 3.11. The van der Waals surface area contributed by atoms with E-state index in [0.717, 1.165) is 24.6 Å². The van der Waals surface area contributed by atoms with Crippen molar-refractivity contribution in [1.29, 1.82) is 0 Å². The third kappa shape index (κ3) is 3.64. The number of benzene rings is 1. The van der Waals surface area contributed by atoms with E-state index in [-0.39, 0.29) is 18.4 Å². The van der Waals surface area contributed by atoms with Gasteiger partial charge in [-0.2, -0.15) is 0 Å². The highest BCUT2D eigenvalue weighted by atomic mass is 35.5. The van der Waals surface area contributed by atoms with Gasteiger partial charge in [0.15, 0.2) is 0 Å². The zero-order chi connectivity index (χ0) is 14.1. The van der Waals surface area contributed by atoms with Gasteiger partial charge >= 0.3 is 0 Å². The van der Waals surface area contributed by atoms with Gasteiger partial charge in [0.1, 0.15) is 0 Å². The van der Waals surface area contributed by atoms with Gasteiger partial charge < -0.3 is 5.73 Å². The molecule has 5 heteroatoms. The summed E-state index contributed by atoms with van der Waals surface area (Å²) in [6, 6.07) is 10.9. The monoisotopic (exact) mass is 323 g/mol. The lowest BCUT2D eigenvalue weighted by molar-refractivity contribution is 0.326. The van der Waals surface area contributed by atoms with Gasteiger partial charge in [0.2, 0.25) is 0 Å². The molecule has 0 unspecified atom stereocenters. The second kappa shape index (κ2) is 6.88. The highest BCUT2D eigenvalue weighted by Crippen LogP contribution is 2.29. The van der Waals surface area contributed by atoms with Crippen molar-refractivity contribution < 1.29 is 0 Å². The number of hydrogen-bond donors (Lipinski definition) is 1. The van der Waals surface area contributed by atoms with Crippen LogP contribution in [-0.2, 0) is 6.54 Å². The van der Waals surface area contributed by atoms with Gasteiger partial charge in [-0.15, -0.1) is 23.7 Å². The average Bonchev–Trinajstić information content (AvgIpc) is 2.94. The number of nitrogens with zero attached hydrogens (tertiary/aromatic N) is 2. The first-order chi connectivity index (χ1) is 9.63. The lowest BCUT2D eigenvalue weighted by Gasteiger charge is -2.15. The minimum absolute atomic E-state index is 0. The van der Waals surface area contributed by atoms with Crippen molar-refractivity contribution in [3.8, 4) is 0 Å². The number of thiazole rings is 1. The molecule has 1 fully saturated rings. The van der Waals surface area contributed by atoms with Crippen LogP contribution < -0.4 is 5.73 Å². The molecule has 1 aliphatic heterocycles. The molecule has 0 spiro atoms. The second-order valence-electron chi connectivity index (χ2n) is 5.62. The van der Waals surface area contributed by atoms with Crippen LogP contribution in [-0.4, -0.2) is 29.0 Å². The Hall–Kier alpha value is -0.940. The van der Waals surface area contributed by atoms with Crippen LogP contribution in [0.4, 0.5) is 0 Å². The van der Waals surface area contributed by atoms with Crippen molar-refractivity contribution in [2.45, 2.75) is 32.4 Å². The molecule has 3 nitrogen and oxygen atoms in total. The zero-order valence-electron chi connectivity index (χ0n) is 12.5. The standard InChI is InChI=1S/C16H21N3S.ClH/c1-11-16(20-12(2)18-11)10-19-8-14(15(17)9-19)13-6-4-3-5-7-13;/h3-7,14-15H,8-10,17H2,1-2H3;1H/t14-,15+;/m0./s1. The molecule has 0 aliphatic carbocycles. The van der Waals surface area contributed by atoms with Gasteiger partial charge in [0.05, 0.1) is 10.7 Å². The fourth-order valence-corrected chi connectivity index (χ4v) is 4.00. The Bertz CT molecular complexity index is 584. The number of likely N-dealkylation sites (tertiary alicyclic amines) is 1. The van der Waals surface area contributed by atoms with E-state index < -0.39 is 0 Å². The summed E-state index contributed by atoms with van der Waals surface area (Å²) in [7, 11) is 0. The van der Waals surface area contributed by atoms with Gasteiger partial charge in [0, 0.05) is 36.5 Å². The van der Waals surface area contributed by atoms with Gasteiger partial charge in [0.25, 0.3) is 0 Å². The minimum atomic E-state index is 0. The third-order valence-electron chi connectivity index (χ3n) is 4.04. The molecule has 2 atom stereocenters. The number of rotatable bonds is 3. The number of aryl methyl sites for hydroxylation is 2. The molecule has 1 saturated heterocycles. The van der Waals surface area contributed by atoms with Crippen molar-refractivity contribution in [3.05, 3.63) is 51.5 Å². The van der Waals surface area contributed by atoms with E-state index in [1.807, 2.05) is 0 Å². The third-order valence-corrected chi connectivity index (χ3v) is 5.09. The molecule has 1 aliphatic rings. The SMILES string of the molecule is Cc1nc(C)c(CN2C[C@@H](N)[C@H](c3ccccc3)C2)s1.Cl. The van der Waals surface area contributed by atoms with Crippen molar-refractivity contribution in [2.24, 2.45) is 5.73 Å². The van der Waals surface area contributed by atoms with E-state index in [1.165, 1.54) is 16.1 Å². The van der Waals surface area contributed by atoms with Crippen LogP contribution in [0, 0.1) is 13.8 Å². The number of hydrogen-bond acceptors (Lipinski definition) is 4. The first-order valence-corrected chi connectivity index (χ1v) is 7.91. The van der Waals surface area contributed by atoms with Crippen LogP contribution in [0.15, 0.2) is 30.3 Å². The molecule has 0 radical (unpaired) electrons. The maximum atomic E-state index is 6.34. The van der Waals surface area contributed by atoms with Crippen molar-refractivity contribution in [1.82, 2.24) is 9.88 Å². The Morgan fingerprint density at radius 1 is 1.24 bits per heavy atom. The second-order valence-corrected chi connectivity index (χ2v) is 6.90. The van der Waals surface area contributed by atoms with Gasteiger partial charge in [-0.1, -0.05) is 30.3 Å². The molecule has 2 aromatic rings. The zero-order valence-corrected chi connectivity index (χ0v) is 14.1. The normalized spacial score (nSPS) is 22.2. The quantitative estimate of drug-likeness (QED) is 0.943. The summed E-state index contributed by atoms with van der Waals surface area (Å²) in [6.07, 6.45) is 0. The molecule has 114 valence electrons. The Kier molecular flexibility index (Phi) is 5.38. The van der Waals surface area contributed by atoms with Crippen LogP contribution >= 0.6 is 23.7 Å².